The lowest BCUT2D eigenvalue weighted by Crippen LogP contribution is -2.21. The highest BCUT2D eigenvalue weighted by Crippen LogP contribution is 2.34. The summed E-state index contributed by atoms with van der Waals surface area (Å²) in [7, 11) is 0. The number of nitrogens with one attached hydrogen (secondary N) is 3. The van der Waals surface area contributed by atoms with E-state index in [0.717, 1.165) is 43.1 Å². The van der Waals surface area contributed by atoms with Gasteiger partial charge < -0.3 is 21.1 Å². The summed E-state index contributed by atoms with van der Waals surface area (Å²) in [6, 6.07) is 31.7. The highest BCUT2D eigenvalue weighted by molar-refractivity contribution is 7.99. The Morgan fingerprint density at radius 1 is 0.795 bits per heavy atom. The summed E-state index contributed by atoms with van der Waals surface area (Å²) in [4.78, 5) is 24.3. The van der Waals surface area contributed by atoms with E-state index in [-0.39, 0.29) is 18.4 Å². The fourth-order valence-corrected chi connectivity index (χ4v) is 5.81. The first-order chi connectivity index (χ1) is 19.2. The molecule has 1 atom stereocenters. The van der Waals surface area contributed by atoms with E-state index in [0.29, 0.717) is 24.9 Å². The third-order valence-corrected chi connectivity index (χ3v) is 8.00. The van der Waals surface area contributed by atoms with Crippen LogP contribution in [0.5, 0.6) is 0 Å². The van der Waals surface area contributed by atoms with Crippen molar-refractivity contribution in [2.24, 2.45) is 0 Å². The average Bonchev–Trinajstić information content (AvgIpc) is 3.30. The van der Waals surface area contributed by atoms with Gasteiger partial charge in [-0.15, -0.1) is 0 Å². The van der Waals surface area contributed by atoms with E-state index in [1.165, 1.54) is 0 Å². The summed E-state index contributed by atoms with van der Waals surface area (Å²) in [5.41, 5.74) is 4.66. The van der Waals surface area contributed by atoms with Crippen molar-refractivity contribution in [1.82, 2.24) is 9.97 Å². The molecule has 1 unspecified atom stereocenters. The first-order valence-corrected chi connectivity index (χ1v) is 13.6. The Bertz CT molecular complexity index is 1660. The monoisotopic (exact) mass is 533 g/mol. The van der Waals surface area contributed by atoms with Crippen LogP contribution in [0.4, 0.5) is 17.5 Å². The molecule has 1 aromatic heterocycles. The van der Waals surface area contributed by atoms with Gasteiger partial charge in [-0.05, 0) is 47.0 Å². The van der Waals surface area contributed by atoms with Crippen molar-refractivity contribution < 1.29 is 9.90 Å². The Labute approximate surface area is 230 Å². The molecular weight excluding hydrogens is 506 g/mol. The number of aliphatic hydroxyl groups is 1. The highest BCUT2D eigenvalue weighted by atomic mass is 32.2. The molecule has 194 valence electrons. The van der Waals surface area contributed by atoms with Gasteiger partial charge in [-0.2, -0.15) is 4.98 Å². The standard InChI is InChI=1S/C31H27N5O2S/c37-19-21-10-2-8-16-28(21)39-27-15-7-1-9-20(27)17-33-31-35-26-14-6-4-12-23(26)29(36-31)32-18-24-22-11-3-5-13-25(22)34-30(24)38/h1-16,24,37H,17-19H2,(H,34,38)(H2,32,33,35,36). The maximum absolute atomic E-state index is 12.6. The Morgan fingerprint density at radius 2 is 1.49 bits per heavy atom. The minimum Gasteiger partial charge on any atom is -0.392 e. The zero-order valence-electron chi connectivity index (χ0n) is 21.1. The molecule has 0 aliphatic carbocycles. The first kappa shape index (κ1) is 24.9. The number of para-hydroxylation sites is 2. The molecule has 0 saturated carbocycles. The number of hydrogen-bond acceptors (Lipinski definition) is 7. The predicted molar refractivity (Wildman–Crippen MR) is 156 cm³/mol. The molecule has 4 N–H and O–H groups in total. The Hall–Kier alpha value is -4.40. The van der Waals surface area contributed by atoms with E-state index in [4.69, 9.17) is 9.97 Å². The summed E-state index contributed by atoms with van der Waals surface area (Å²) in [5.74, 6) is 0.872. The number of rotatable bonds is 9. The molecule has 39 heavy (non-hydrogen) atoms. The third-order valence-electron chi connectivity index (χ3n) is 6.76. The molecule has 1 aliphatic heterocycles. The van der Waals surface area contributed by atoms with Gasteiger partial charge in [-0.1, -0.05) is 78.5 Å². The SMILES string of the molecule is O=C1Nc2ccccc2C1CNc1nc(NCc2ccccc2Sc2ccccc2CO)nc2ccccc12. The summed E-state index contributed by atoms with van der Waals surface area (Å²) in [5, 5.41) is 20.4. The van der Waals surface area contributed by atoms with Crippen LogP contribution < -0.4 is 16.0 Å². The van der Waals surface area contributed by atoms with E-state index in [2.05, 4.69) is 28.1 Å². The number of anilines is 3. The van der Waals surface area contributed by atoms with E-state index in [1.54, 1.807) is 11.8 Å². The molecule has 0 radical (unpaired) electrons. The molecule has 0 bridgehead atoms. The number of fused-ring (bicyclic) bond motifs is 2. The van der Waals surface area contributed by atoms with Gasteiger partial charge in [0.25, 0.3) is 0 Å². The molecule has 6 rings (SSSR count). The largest absolute Gasteiger partial charge is 0.392 e. The summed E-state index contributed by atoms with van der Waals surface area (Å²) in [6.45, 7) is 0.950. The summed E-state index contributed by atoms with van der Waals surface area (Å²) < 4.78 is 0. The second-order valence-electron chi connectivity index (χ2n) is 9.25. The fourth-order valence-electron chi connectivity index (χ4n) is 4.74. The van der Waals surface area contributed by atoms with E-state index in [1.807, 2.05) is 84.9 Å². The van der Waals surface area contributed by atoms with Gasteiger partial charge in [0.1, 0.15) is 5.82 Å². The maximum Gasteiger partial charge on any atom is 0.233 e. The van der Waals surface area contributed by atoms with Crippen molar-refractivity contribution in [1.29, 1.82) is 0 Å². The summed E-state index contributed by atoms with van der Waals surface area (Å²) in [6.07, 6.45) is 0. The highest BCUT2D eigenvalue weighted by Gasteiger charge is 2.30. The number of carbonyl (C=O) groups excluding carboxylic acids is 1. The first-order valence-electron chi connectivity index (χ1n) is 12.8. The smallest absolute Gasteiger partial charge is 0.233 e. The predicted octanol–water partition coefficient (Wildman–Crippen LogP) is 6.03. The van der Waals surface area contributed by atoms with Crippen LogP contribution in [0.2, 0.25) is 0 Å². The van der Waals surface area contributed by atoms with Gasteiger partial charge in [-0.3, -0.25) is 4.79 Å². The molecule has 4 aromatic carbocycles. The van der Waals surface area contributed by atoms with Crippen LogP contribution in [0, 0.1) is 0 Å². The second kappa shape index (κ2) is 11.1. The van der Waals surface area contributed by atoms with E-state index < -0.39 is 0 Å². The summed E-state index contributed by atoms with van der Waals surface area (Å²) >= 11 is 1.63. The fraction of sp³-hybridized carbons (Fsp3) is 0.129. The average molecular weight is 534 g/mol. The number of aromatic nitrogens is 2. The lowest BCUT2D eigenvalue weighted by molar-refractivity contribution is -0.116. The van der Waals surface area contributed by atoms with Gasteiger partial charge >= 0.3 is 0 Å². The molecule has 0 spiro atoms. The molecule has 1 aliphatic rings. The molecule has 5 aromatic rings. The molecule has 1 amide bonds. The van der Waals surface area contributed by atoms with Crippen molar-refractivity contribution in [3.63, 3.8) is 0 Å². The van der Waals surface area contributed by atoms with Gasteiger partial charge in [0.05, 0.1) is 18.0 Å². The van der Waals surface area contributed by atoms with Crippen LogP contribution in [-0.4, -0.2) is 27.5 Å². The zero-order chi connectivity index (χ0) is 26.6. The van der Waals surface area contributed by atoms with Gasteiger partial charge in [0, 0.05) is 34.0 Å². The van der Waals surface area contributed by atoms with Crippen LogP contribution in [0.3, 0.4) is 0 Å². The lowest BCUT2D eigenvalue weighted by Gasteiger charge is -2.15. The van der Waals surface area contributed by atoms with Crippen LogP contribution in [0.1, 0.15) is 22.6 Å². The number of aliphatic hydroxyl groups excluding tert-OH is 1. The van der Waals surface area contributed by atoms with Gasteiger partial charge in [0.15, 0.2) is 0 Å². The maximum atomic E-state index is 12.6. The van der Waals surface area contributed by atoms with Gasteiger partial charge in [0.2, 0.25) is 11.9 Å². The quantitative estimate of drug-likeness (QED) is 0.184. The molecule has 0 fully saturated rings. The zero-order valence-corrected chi connectivity index (χ0v) is 21.9. The normalized spacial score (nSPS) is 14.2. The van der Waals surface area contributed by atoms with Crippen molar-refractivity contribution in [3.05, 3.63) is 114 Å². The number of nitrogens with zero attached hydrogens (tertiary/aromatic N) is 2. The number of hydrogen-bond donors (Lipinski definition) is 4. The Kier molecular flexibility index (Phi) is 7.12. The van der Waals surface area contributed by atoms with Crippen LogP contribution in [0.15, 0.2) is 107 Å². The Balaban J connectivity index is 1.23. The van der Waals surface area contributed by atoms with Crippen molar-refractivity contribution >= 4 is 46.0 Å². The molecule has 7 nitrogen and oxygen atoms in total. The molecule has 0 saturated heterocycles. The van der Waals surface area contributed by atoms with Crippen molar-refractivity contribution in [3.8, 4) is 0 Å². The lowest BCUT2D eigenvalue weighted by atomic mass is 10.0. The van der Waals surface area contributed by atoms with E-state index in [9.17, 15) is 9.90 Å². The number of amides is 1. The molecular formula is C31H27N5O2S. The van der Waals surface area contributed by atoms with Crippen LogP contribution in [-0.2, 0) is 17.9 Å². The Morgan fingerprint density at radius 3 is 2.33 bits per heavy atom. The minimum atomic E-state index is -0.294. The van der Waals surface area contributed by atoms with E-state index >= 15 is 0 Å². The molecule has 2 heterocycles. The van der Waals surface area contributed by atoms with Crippen molar-refractivity contribution in [2.45, 2.75) is 28.9 Å². The minimum absolute atomic E-state index is 0.00159. The van der Waals surface area contributed by atoms with Gasteiger partial charge in [-0.25, -0.2) is 4.98 Å². The number of benzene rings is 4. The second-order valence-corrected chi connectivity index (χ2v) is 10.3. The third kappa shape index (κ3) is 5.30. The van der Waals surface area contributed by atoms with Crippen molar-refractivity contribution in [2.75, 3.05) is 22.5 Å². The van der Waals surface area contributed by atoms with Crippen LogP contribution in [0.25, 0.3) is 10.9 Å². The molecule has 8 heteroatoms. The number of carbonyl (C=O) groups is 1. The topological polar surface area (TPSA) is 99.2 Å². The van der Waals surface area contributed by atoms with Crippen LogP contribution >= 0.6 is 11.8 Å².